The Morgan fingerprint density at radius 2 is 1.92 bits per heavy atom. The van der Waals surface area contributed by atoms with Crippen LogP contribution in [0.5, 0.6) is 0 Å². The van der Waals surface area contributed by atoms with Crippen LogP contribution in [0.25, 0.3) is 0 Å². The van der Waals surface area contributed by atoms with Crippen LogP contribution in [0.4, 0.5) is 11.4 Å². The lowest BCUT2D eigenvalue weighted by atomic mass is 10.3. The summed E-state index contributed by atoms with van der Waals surface area (Å²) < 4.78 is 2.86. The van der Waals surface area contributed by atoms with Gasteiger partial charge in [-0.3, -0.25) is 0 Å². The maximum absolute atomic E-state index is 2.57. The van der Waals surface area contributed by atoms with E-state index in [-0.39, 0.29) is 0 Å². The maximum Gasteiger partial charge on any atom is 0.290 e. The third-order valence-corrected chi connectivity index (χ3v) is 7.74. The second-order valence-electron chi connectivity index (χ2n) is 3.98. The molecule has 4 rings (SSSR count). The fraction of sp³-hybridized carbons (Fsp3) is 0.333. The van der Waals surface area contributed by atoms with Crippen LogP contribution in [0, 0.1) is 0 Å². The molecule has 0 aromatic heterocycles. The number of para-hydroxylation sites is 2. The van der Waals surface area contributed by atoms with Crippen molar-refractivity contribution in [2.45, 2.75) is 4.17 Å². The van der Waals surface area contributed by atoms with Crippen LogP contribution < -0.4 is 7.18 Å². The van der Waals surface area contributed by atoms with Gasteiger partial charge in [0, 0.05) is 12.1 Å². The standard InChI is InChI=1S/C9H10I2N2/c1-12-6-13(11,9(12)10)8-5-3-2-4-7(8)12/h2-5,9H,6H2,1H3/q+2. The van der Waals surface area contributed by atoms with Gasteiger partial charge < -0.3 is 0 Å². The number of nitrogens with zero attached hydrogens (tertiary/aromatic N) is 2. The highest BCUT2D eigenvalue weighted by Gasteiger charge is 2.73. The smallest absolute Gasteiger partial charge is 0.184 e. The van der Waals surface area contributed by atoms with Crippen LogP contribution >= 0.6 is 45.5 Å². The molecule has 3 unspecified atom stereocenters. The van der Waals surface area contributed by atoms with E-state index in [1.807, 2.05) is 0 Å². The molecular formula is C9H10I2N2+2. The average molecular weight is 400 g/mol. The highest BCUT2D eigenvalue weighted by molar-refractivity contribution is 14.1. The number of hydrogen-bond acceptors (Lipinski definition) is 0. The quantitative estimate of drug-likeness (QED) is 0.207. The number of alkyl halides is 1. The van der Waals surface area contributed by atoms with Crippen molar-refractivity contribution in [3.8, 4) is 0 Å². The summed E-state index contributed by atoms with van der Waals surface area (Å²) in [6.45, 7) is 1.22. The first-order valence-electron chi connectivity index (χ1n) is 4.26. The Morgan fingerprint density at radius 1 is 1.31 bits per heavy atom. The molecule has 0 spiro atoms. The minimum atomic E-state index is 0.663. The van der Waals surface area contributed by atoms with Gasteiger partial charge in [0.2, 0.25) is 18.0 Å². The molecule has 1 aromatic carbocycles. The Hall–Kier alpha value is 0.600. The average Bonchev–Trinajstić information content (AvgIpc) is 2.48. The number of rotatable bonds is 0. The Labute approximate surface area is 105 Å². The minimum absolute atomic E-state index is 0.663. The molecule has 3 atom stereocenters. The third-order valence-electron chi connectivity index (χ3n) is 3.14. The highest BCUT2D eigenvalue weighted by Crippen LogP contribution is 2.61. The summed E-state index contributed by atoms with van der Waals surface area (Å²) in [4.78, 5) is 0. The third kappa shape index (κ3) is 0.818. The molecule has 13 heavy (non-hydrogen) atoms. The molecule has 2 nitrogen and oxygen atoms in total. The van der Waals surface area contributed by atoms with Gasteiger partial charge in [-0.15, -0.1) is 2.70 Å². The summed E-state index contributed by atoms with van der Waals surface area (Å²) in [6.07, 6.45) is 0. The molecule has 68 valence electrons. The summed E-state index contributed by atoms with van der Waals surface area (Å²) in [5, 5.41) is 0. The van der Waals surface area contributed by atoms with Gasteiger partial charge in [-0.2, -0.15) is 4.48 Å². The lowest BCUT2D eigenvalue weighted by Crippen LogP contribution is -2.75. The van der Waals surface area contributed by atoms with Crippen LogP contribution in [-0.4, -0.2) is 17.9 Å². The first-order chi connectivity index (χ1) is 6.09. The van der Waals surface area contributed by atoms with Crippen LogP contribution in [0.3, 0.4) is 0 Å². The molecule has 0 saturated carbocycles. The second kappa shape index (κ2) is 2.40. The van der Waals surface area contributed by atoms with Crippen molar-refractivity contribution < 1.29 is 0 Å². The van der Waals surface area contributed by atoms with E-state index >= 15 is 0 Å². The predicted octanol–water partition coefficient (Wildman–Crippen LogP) is 2.98. The molecule has 0 aliphatic carbocycles. The maximum atomic E-state index is 2.57. The van der Waals surface area contributed by atoms with Crippen molar-refractivity contribution in [3.63, 3.8) is 0 Å². The summed E-state index contributed by atoms with van der Waals surface area (Å²) in [6, 6.07) is 8.84. The van der Waals surface area contributed by atoms with Crippen molar-refractivity contribution in [1.29, 1.82) is 0 Å². The molecule has 3 heterocycles. The van der Waals surface area contributed by atoms with E-state index < -0.39 is 0 Å². The van der Waals surface area contributed by atoms with E-state index in [0.717, 1.165) is 7.18 Å². The Bertz CT molecular complexity index is 360. The normalized spacial score (nSPS) is 45.6. The fourth-order valence-corrected chi connectivity index (χ4v) is 5.01. The van der Waals surface area contributed by atoms with Crippen molar-refractivity contribution in [2.75, 3.05) is 13.7 Å². The van der Waals surface area contributed by atoms with Crippen molar-refractivity contribution in [1.82, 2.24) is 7.18 Å². The zero-order chi connectivity index (χ0) is 9.27. The Morgan fingerprint density at radius 3 is 2.46 bits per heavy atom. The van der Waals surface area contributed by atoms with Gasteiger partial charge in [-0.25, -0.2) is 0 Å². The van der Waals surface area contributed by atoms with E-state index in [2.05, 4.69) is 76.8 Å². The lowest BCUT2D eigenvalue weighted by Gasteiger charge is -2.45. The molecule has 0 N–H and O–H groups in total. The number of halogens is 2. The molecule has 1 aromatic rings. The largest absolute Gasteiger partial charge is 0.290 e. The van der Waals surface area contributed by atoms with Gasteiger partial charge in [0.1, 0.15) is 0 Å². The summed E-state index contributed by atoms with van der Waals surface area (Å²) in [7, 11) is 2.33. The van der Waals surface area contributed by atoms with E-state index in [1.54, 1.807) is 0 Å². The number of benzene rings is 1. The highest BCUT2D eigenvalue weighted by atomic mass is 127. The summed E-state index contributed by atoms with van der Waals surface area (Å²) in [5.74, 6) is 0. The predicted molar refractivity (Wildman–Crippen MR) is 72.6 cm³/mol. The molecule has 4 heteroatoms. The first-order valence-corrected chi connectivity index (χ1v) is 6.47. The van der Waals surface area contributed by atoms with Crippen molar-refractivity contribution >= 4 is 56.8 Å². The zero-order valence-electron chi connectivity index (χ0n) is 7.24. The summed E-state index contributed by atoms with van der Waals surface area (Å²) in [5.41, 5.74) is 3.02. The number of hydrogen-bond donors (Lipinski definition) is 0. The Balaban J connectivity index is 2.30. The van der Waals surface area contributed by atoms with Crippen LogP contribution in [-0.2, 0) is 0 Å². The molecule has 3 aliphatic rings. The molecule has 2 bridgehead atoms. The molecular weight excluding hydrogens is 390 g/mol. The van der Waals surface area contributed by atoms with Crippen LogP contribution in [0.2, 0.25) is 0 Å². The van der Waals surface area contributed by atoms with Gasteiger partial charge in [0.25, 0.3) is 27.0 Å². The van der Waals surface area contributed by atoms with E-state index in [0.29, 0.717) is 4.17 Å². The number of quaternary nitrogens is 2. The fourth-order valence-electron chi connectivity index (χ4n) is 2.46. The zero-order valence-corrected chi connectivity index (χ0v) is 11.6. The minimum Gasteiger partial charge on any atom is -0.184 e. The van der Waals surface area contributed by atoms with Crippen LogP contribution in [0.15, 0.2) is 24.3 Å². The van der Waals surface area contributed by atoms with Crippen LogP contribution in [0.1, 0.15) is 0 Å². The van der Waals surface area contributed by atoms with E-state index in [9.17, 15) is 0 Å². The van der Waals surface area contributed by atoms with Gasteiger partial charge >= 0.3 is 0 Å². The summed E-state index contributed by atoms with van der Waals surface area (Å²) >= 11 is 5.15. The molecule has 1 saturated heterocycles. The monoisotopic (exact) mass is 400 g/mol. The van der Waals surface area contributed by atoms with Crippen molar-refractivity contribution in [2.24, 2.45) is 0 Å². The lowest BCUT2D eigenvalue weighted by molar-refractivity contribution is 0.124. The van der Waals surface area contributed by atoms with E-state index in [1.165, 1.54) is 18.0 Å². The molecule has 0 amide bonds. The molecule has 3 aliphatic heterocycles. The van der Waals surface area contributed by atoms with E-state index in [4.69, 9.17) is 0 Å². The van der Waals surface area contributed by atoms with Crippen molar-refractivity contribution in [3.05, 3.63) is 24.3 Å². The molecule has 0 radical (unpaired) electrons. The Kier molecular flexibility index (Phi) is 1.64. The second-order valence-corrected chi connectivity index (χ2v) is 6.82. The topological polar surface area (TPSA) is 0 Å². The molecule has 1 fully saturated rings. The van der Waals surface area contributed by atoms with Gasteiger partial charge in [-0.05, 0) is 0 Å². The van der Waals surface area contributed by atoms with Gasteiger partial charge in [-0.1, -0.05) is 12.1 Å². The van der Waals surface area contributed by atoms with Gasteiger partial charge in [0.15, 0.2) is 0 Å². The SMILES string of the molecule is C[N+]12C[N+](I)(c3ccccc31)C2I. The van der Waals surface area contributed by atoms with Gasteiger partial charge in [0.05, 0.1) is 29.6 Å². The first kappa shape index (κ1) is 8.87.